The van der Waals surface area contributed by atoms with Crippen LogP contribution in [0.25, 0.3) is 5.57 Å². The highest BCUT2D eigenvalue weighted by Crippen LogP contribution is 2.46. The Kier molecular flexibility index (Phi) is 4.60. The zero-order valence-corrected chi connectivity index (χ0v) is 14.2. The van der Waals surface area contributed by atoms with Crippen LogP contribution in [0.3, 0.4) is 0 Å². The summed E-state index contributed by atoms with van der Waals surface area (Å²) in [7, 11) is 0. The van der Waals surface area contributed by atoms with Gasteiger partial charge in [-0.05, 0) is 43.0 Å². The highest BCUT2D eigenvalue weighted by Gasteiger charge is 2.35. The molecule has 0 saturated heterocycles. The van der Waals surface area contributed by atoms with E-state index < -0.39 is 0 Å². The van der Waals surface area contributed by atoms with E-state index in [4.69, 9.17) is 15.9 Å². The number of ether oxygens (including phenoxy) is 1. The van der Waals surface area contributed by atoms with Crippen LogP contribution in [0.4, 0.5) is 0 Å². The molecule has 1 saturated carbocycles. The smallest absolute Gasteiger partial charge is 0.151 e. The summed E-state index contributed by atoms with van der Waals surface area (Å²) in [6.07, 6.45) is 7.39. The van der Waals surface area contributed by atoms with Gasteiger partial charge in [-0.15, -0.1) is 0 Å². The lowest BCUT2D eigenvalue weighted by atomic mass is 9.77. The summed E-state index contributed by atoms with van der Waals surface area (Å²) in [6, 6.07) is 6.23. The van der Waals surface area contributed by atoms with Gasteiger partial charge in [0.15, 0.2) is 5.17 Å². The minimum absolute atomic E-state index is 0.175. The van der Waals surface area contributed by atoms with Gasteiger partial charge < -0.3 is 10.5 Å². The fourth-order valence-corrected chi connectivity index (χ4v) is 4.07. The molecule has 5 heteroatoms. The summed E-state index contributed by atoms with van der Waals surface area (Å²) >= 11 is 4.93. The zero-order valence-electron chi connectivity index (χ0n) is 11.8. The third kappa shape index (κ3) is 3.29. The van der Waals surface area contributed by atoms with Gasteiger partial charge in [-0.2, -0.15) is 0 Å². The molecule has 0 amide bonds. The van der Waals surface area contributed by atoms with Crippen LogP contribution in [0, 0.1) is 11.3 Å². The first-order valence-electron chi connectivity index (χ1n) is 7.28. The van der Waals surface area contributed by atoms with E-state index >= 15 is 0 Å². The number of nitrogens with one attached hydrogen (secondary N) is 1. The second kappa shape index (κ2) is 6.44. The molecule has 1 aliphatic carbocycles. The fraction of sp³-hybridized carbons (Fsp3) is 0.438. The molecule has 112 valence electrons. The molecule has 1 heterocycles. The summed E-state index contributed by atoms with van der Waals surface area (Å²) in [6.45, 7) is 0. The Balaban J connectivity index is 1.96. The highest BCUT2D eigenvalue weighted by atomic mass is 79.9. The van der Waals surface area contributed by atoms with Crippen molar-refractivity contribution in [3.05, 3.63) is 34.3 Å². The molecule has 1 aliphatic heterocycles. The normalized spacial score (nSPS) is 25.9. The fourth-order valence-electron chi connectivity index (χ4n) is 3.27. The van der Waals surface area contributed by atoms with E-state index in [2.05, 4.69) is 34.1 Å². The topological polar surface area (TPSA) is 59.1 Å². The lowest BCUT2D eigenvalue weighted by molar-refractivity contribution is 0.111. The van der Waals surface area contributed by atoms with Crippen LogP contribution in [-0.2, 0) is 0 Å². The van der Waals surface area contributed by atoms with Crippen molar-refractivity contribution >= 4 is 38.4 Å². The number of thioether (sulfide) groups is 1. The standard InChI is InChI=1S/C16H19BrN2OS/c17-10-5-6-15-13(9-10)11(7-8-21-16(18)19)12-3-1-2-4-14(12)20-15/h5-7,9,12,14H,1-4,8H2,(H3,18,19)/b11-7+. The number of rotatable bonds is 2. The number of fused-ring (bicyclic) bond motifs is 2. The van der Waals surface area contributed by atoms with E-state index in [9.17, 15) is 0 Å². The number of hydrogen-bond acceptors (Lipinski definition) is 3. The van der Waals surface area contributed by atoms with Gasteiger partial charge in [-0.1, -0.05) is 40.2 Å². The van der Waals surface area contributed by atoms with Gasteiger partial charge in [0.2, 0.25) is 0 Å². The van der Waals surface area contributed by atoms with Crippen molar-refractivity contribution in [3.63, 3.8) is 0 Å². The molecule has 2 unspecified atom stereocenters. The SMILES string of the molecule is N=C(N)SC/C=C1/c2cc(Br)ccc2OC2CCCCC12. The predicted octanol–water partition coefficient (Wildman–Crippen LogP) is 4.41. The van der Waals surface area contributed by atoms with Crippen LogP contribution in [0.15, 0.2) is 28.7 Å². The van der Waals surface area contributed by atoms with Gasteiger partial charge in [-0.25, -0.2) is 0 Å². The Bertz CT molecular complexity index is 588. The molecule has 0 bridgehead atoms. The molecular weight excluding hydrogens is 348 g/mol. The molecule has 0 spiro atoms. The summed E-state index contributed by atoms with van der Waals surface area (Å²) in [5, 5.41) is 7.53. The summed E-state index contributed by atoms with van der Waals surface area (Å²) in [4.78, 5) is 0. The van der Waals surface area contributed by atoms with Crippen LogP contribution in [0.5, 0.6) is 5.75 Å². The highest BCUT2D eigenvalue weighted by molar-refractivity contribution is 9.10. The van der Waals surface area contributed by atoms with Crippen LogP contribution in [0.2, 0.25) is 0 Å². The number of amidine groups is 1. The minimum atomic E-state index is 0.175. The molecule has 21 heavy (non-hydrogen) atoms. The monoisotopic (exact) mass is 366 g/mol. The first-order chi connectivity index (χ1) is 10.1. The van der Waals surface area contributed by atoms with E-state index in [0.29, 0.717) is 12.0 Å². The van der Waals surface area contributed by atoms with E-state index in [1.807, 2.05) is 6.07 Å². The van der Waals surface area contributed by atoms with Crippen molar-refractivity contribution in [1.29, 1.82) is 5.41 Å². The van der Waals surface area contributed by atoms with Crippen LogP contribution < -0.4 is 10.5 Å². The van der Waals surface area contributed by atoms with Crippen LogP contribution in [0.1, 0.15) is 31.2 Å². The minimum Gasteiger partial charge on any atom is -0.489 e. The number of halogens is 1. The zero-order chi connectivity index (χ0) is 14.8. The third-order valence-corrected chi connectivity index (χ3v) is 5.31. The summed E-state index contributed by atoms with van der Waals surface area (Å²) < 4.78 is 7.29. The second-order valence-corrected chi connectivity index (χ2v) is 7.50. The molecule has 2 aliphatic rings. The Morgan fingerprint density at radius 2 is 2.24 bits per heavy atom. The number of nitrogens with two attached hydrogens (primary N) is 1. The average molecular weight is 367 g/mol. The quantitative estimate of drug-likeness (QED) is 0.601. The van der Waals surface area contributed by atoms with E-state index in [1.54, 1.807) is 0 Å². The third-order valence-electron chi connectivity index (χ3n) is 4.18. The van der Waals surface area contributed by atoms with Gasteiger partial charge in [0, 0.05) is 21.7 Å². The molecule has 3 N–H and O–H groups in total. The Morgan fingerprint density at radius 1 is 1.43 bits per heavy atom. The predicted molar refractivity (Wildman–Crippen MR) is 92.9 cm³/mol. The maximum atomic E-state index is 7.35. The number of hydrogen-bond donors (Lipinski definition) is 2. The molecule has 1 aromatic carbocycles. The second-order valence-electron chi connectivity index (χ2n) is 5.52. The molecular formula is C16H19BrN2OS. The first-order valence-corrected chi connectivity index (χ1v) is 9.06. The maximum Gasteiger partial charge on any atom is 0.151 e. The van der Waals surface area contributed by atoms with Crippen molar-refractivity contribution in [1.82, 2.24) is 0 Å². The van der Waals surface area contributed by atoms with Gasteiger partial charge in [0.25, 0.3) is 0 Å². The summed E-state index contributed by atoms with van der Waals surface area (Å²) in [5.74, 6) is 2.22. The van der Waals surface area contributed by atoms with E-state index in [0.717, 1.165) is 22.4 Å². The summed E-state index contributed by atoms with van der Waals surface area (Å²) in [5.41, 5.74) is 8.01. The van der Waals surface area contributed by atoms with E-state index in [-0.39, 0.29) is 5.17 Å². The Labute approximate surface area is 138 Å². The number of benzene rings is 1. The van der Waals surface area contributed by atoms with Gasteiger partial charge in [-0.3, -0.25) is 5.41 Å². The van der Waals surface area contributed by atoms with Crippen LogP contribution >= 0.6 is 27.7 Å². The molecule has 2 atom stereocenters. The van der Waals surface area contributed by atoms with Gasteiger partial charge in [0.1, 0.15) is 11.9 Å². The average Bonchev–Trinajstić information content (AvgIpc) is 2.46. The molecule has 1 fully saturated rings. The van der Waals surface area contributed by atoms with Crippen molar-refractivity contribution in [2.75, 3.05) is 5.75 Å². The molecule has 0 radical (unpaired) electrons. The molecule has 3 rings (SSSR count). The maximum absolute atomic E-state index is 7.35. The van der Waals surface area contributed by atoms with Gasteiger partial charge in [0.05, 0.1) is 0 Å². The largest absolute Gasteiger partial charge is 0.489 e. The molecule has 0 aromatic heterocycles. The first kappa shape index (κ1) is 15.0. The van der Waals surface area contributed by atoms with Crippen molar-refractivity contribution in [2.45, 2.75) is 31.8 Å². The van der Waals surface area contributed by atoms with E-state index in [1.165, 1.54) is 42.2 Å². The van der Waals surface area contributed by atoms with Crippen molar-refractivity contribution in [3.8, 4) is 5.75 Å². The Hall–Kier alpha value is -0.940. The lowest BCUT2D eigenvalue weighted by Gasteiger charge is -2.39. The van der Waals surface area contributed by atoms with Crippen molar-refractivity contribution < 1.29 is 4.74 Å². The molecule has 3 nitrogen and oxygen atoms in total. The Morgan fingerprint density at radius 3 is 3.05 bits per heavy atom. The van der Waals surface area contributed by atoms with Crippen LogP contribution in [-0.4, -0.2) is 17.0 Å². The van der Waals surface area contributed by atoms with Crippen molar-refractivity contribution in [2.24, 2.45) is 11.7 Å². The molecule has 1 aromatic rings. The van der Waals surface area contributed by atoms with Gasteiger partial charge >= 0.3 is 0 Å². The lowest BCUT2D eigenvalue weighted by Crippen LogP contribution is -2.34.